The van der Waals surface area contributed by atoms with Crippen molar-refractivity contribution >= 4 is 23.2 Å². The summed E-state index contributed by atoms with van der Waals surface area (Å²) in [5, 5.41) is -0.00704. The number of hydrogen-bond donors (Lipinski definition) is 0. The van der Waals surface area contributed by atoms with E-state index in [1.807, 2.05) is 6.92 Å². The van der Waals surface area contributed by atoms with Crippen molar-refractivity contribution in [3.05, 3.63) is 11.0 Å². The molecule has 2 saturated carbocycles. The average molecular weight is 522 g/mol. The summed E-state index contributed by atoms with van der Waals surface area (Å²) in [7, 11) is 3.53. The van der Waals surface area contributed by atoms with Gasteiger partial charge in [-0.15, -0.1) is 0 Å². The van der Waals surface area contributed by atoms with E-state index >= 15 is 0 Å². The van der Waals surface area contributed by atoms with Crippen LogP contribution in [0, 0.1) is 11.3 Å². The monoisotopic (exact) mass is 521 g/mol. The maximum absolute atomic E-state index is 14.0. The Kier molecular flexibility index (Phi) is 7.29. The Morgan fingerprint density at radius 1 is 1.11 bits per heavy atom. The number of hydrogen-bond acceptors (Lipinski definition) is 9. The molecule has 2 aliphatic heterocycles. The minimum Gasteiger partial charge on any atom is -0.489 e. The fourth-order valence-corrected chi connectivity index (χ4v) is 7.11. The van der Waals surface area contributed by atoms with Crippen molar-refractivity contribution in [1.82, 2.24) is 14.9 Å². The van der Waals surface area contributed by atoms with Crippen LogP contribution in [0.25, 0.3) is 0 Å². The Bertz CT molecular complexity index is 1010. The second kappa shape index (κ2) is 10.2. The molecule has 0 unspecified atom stereocenters. The number of aromatic nitrogens is 2. The van der Waals surface area contributed by atoms with Gasteiger partial charge in [0, 0.05) is 12.5 Å². The van der Waals surface area contributed by atoms with E-state index in [2.05, 4.69) is 21.9 Å². The van der Waals surface area contributed by atoms with Crippen molar-refractivity contribution in [2.45, 2.75) is 82.6 Å². The Balaban J connectivity index is 1.43. The molecule has 3 heterocycles. The Hall–Kier alpha value is -1.81. The van der Waals surface area contributed by atoms with Crippen molar-refractivity contribution < 1.29 is 28.5 Å². The molecule has 5 rings (SSSR count). The molecule has 0 bridgehead atoms. The topological polar surface area (TPSA) is 100 Å². The van der Waals surface area contributed by atoms with E-state index in [4.69, 9.17) is 30.5 Å². The molecule has 10 heteroatoms. The van der Waals surface area contributed by atoms with Crippen LogP contribution >= 0.6 is 11.6 Å². The first-order valence-corrected chi connectivity index (χ1v) is 13.5. The Labute approximate surface area is 217 Å². The number of rotatable bonds is 6. The largest absolute Gasteiger partial charge is 0.489 e. The van der Waals surface area contributed by atoms with Gasteiger partial charge in [0.25, 0.3) is 5.88 Å². The number of carbonyl (C=O) groups is 2. The van der Waals surface area contributed by atoms with E-state index in [9.17, 15) is 9.59 Å². The number of carbonyl (C=O) groups excluding carboxylic acids is 2. The van der Waals surface area contributed by atoms with E-state index in [1.54, 1.807) is 0 Å². The van der Waals surface area contributed by atoms with Gasteiger partial charge in [-0.1, -0.05) is 24.4 Å². The minimum absolute atomic E-state index is 0.00704. The highest BCUT2D eigenvalue weighted by Gasteiger charge is 2.63. The lowest BCUT2D eigenvalue weighted by Gasteiger charge is -2.51. The van der Waals surface area contributed by atoms with Gasteiger partial charge in [0.05, 0.1) is 31.7 Å². The van der Waals surface area contributed by atoms with Crippen molar-refractivity contribution in [1.29, 1.82) is 0 Å². The zero-order valence-corrected chi connectivity index (χ0v) is 22.1. The van der Waals surface area contributed by atoms with Gasteiger partial charge in [-0.3, -0.25) is 14.5 Å². The maximum Gasteiger partial charge on any atom is 0.262 e. The van der Waals surface area contributed by atoms with Gasteiger partial charge in [0.1, 0.15) is 6.10 Å². The molecule has 0 amide bonds. The molecular formula is C26H36ClN3O6. The van der Waals surface area contributed by atoms with Gasteiger partial charge in [-0.2, -0.15) is 4.98 Å². The molecule has 1 aromatic heterocycles. The van der Waals surface area contributed by atoms with Gasteiger partial charge in [0.2, 0.25) is 17.4 Å². The second-order valence-corrected chi connectivity index (χ2v) is 11.0. The molecule has 2 saturated heterocycles. The SMILES string of the molecule is COc1c(Cl)nc(C(=O)[C@@H]2CCC[C@@]3(CCCCC34OCCO4)C2=O)nc1O[C@@H](C)[C@@H]1CCCN1C. The molecule has 1 aromatic rings. The van der Waals surface area contributed by atoms with Crippen LogP contribution in [-0.2, 0) is 14.3 Å². The number of halogens is 1. The Morgan fingerprint density at radius 2 is 1.83 bits per heavy atom. The lowest BCUT2D eigenvalue weighted by Crippen LogP contribution is -2.60. The van der Waals surface area contributed by atoms with Crippen LogP contribution in [0.4, 0.5) is 0 Å². The molecule has 2 aliphatic carbocycles. The first kappa shape index (κ1) is 25.8. The maximum atomic E-state index is 14.0. The summed E-state index contributed by atoms with van der Waals surface area (Å²) in [6, 6.07) is 0.219. The molecule has 4 atom stereocenters. The van der Waals surface area contributed by atoms with E-state index < -0.39 is 22.9 Å². The first-order valence-electron chi connectivity index (χ1n) is 13.2. The number of ether oxygens (including phenoxy) is 4. The van der Waals surface area contributed by atoms with Gasteiger partial charge in [-0.05, 0) is 59.0 Å². The first-order chi connectivity index (χ1) is 17.3. The summed E-state index contributed by atoms with van der Waals surface area (Å²) < 4.78 is 23.8. The molecule has 198 valence electrons. The highest BCUT2D eigenvalue weighted by atomic mass is 35.5. The number of ketones is 2. The van der Waals surface area contributed by atoms with Gasteiger partial charge < -0.3 is 18.9 Å². The quantitative estimate of drug-likeness (QED) is 0.314. The minimum atomic E-state index is -0.920. The lowest BCUT2D eigenvalue weighted by molar-refractivity contribution is -0.255. The number of likely N-dealkylation sites (N-methyl/N-ethyl adjacent to an activating group) is 1. The van der Waals surface area contributed by atoms with Crippen LogP contribution in [0.3, 0.4) is 0 Å². The number of Topliss-reactive ketones (excluding diaryl/α,β-unsaturated/α-hetero) is 2. The van der Waals surface area contributed by atoms with Crippen LogP contribution < -0.4 is 9.47 Å². The van der Waals surface area contributed by atoms with E-state index in [0.29, 0.717) is 38.9 Å². The van der Waals surface area contributed by atoms with E-state index in [1.165, 1.54) is 7.11 Å². The second-order valence-electron chi connectivity index (χ2n) is 10.6. The summed E-state index contributed by atoms with van der Waals surface area (Å²) in [4.78, 5) is 38.7. The fraction of sp³-hybridized carbons (Fsp3) is 0.769. The summed E-state index contributed by atoms with van der Waals surface area (Å²) in [5.74, 6) is -2.13. The van der Waals surface area contributed by atoms with Crippen molar-refractivity contribution in [2.24, 2.45) is 11.3 Å². The molecule has 0 N–H and O–H groups in total. The Morgan fingerprint density at radius 3 is 2.53 bits per heavy atom. The van der Waals surface area contributed by atoms with E-state index in [-0.39, 0.29) is 40.5 Å². The normalized spacial score (nSPS) is 31.2. The average Bonchev–Trinajstić information content (AvgIpc) is 3.52. The number of methoxy groups -OCH3 is 1. The highest BCUT2D eigenvalue weighted by Crippen LogP contribution is 2.56. The zero-order valence-electron chi connectivity index (χ0n) is 21.4. The molecule has 0 aromatic carbocycles. The van der Waals surface area contributed by atoms with Crippen molar-refractivity contribution in [3.8, 4) is 11.6 Å². The third kappa shape index (κ3) is 4.22. The summed E-state index contributed by atoms with van der Waals surface area (Å²) in [6.07, 6.45) is 6.96. The molecule has 0 radical (unpaired) electrons. The number of fused-ring (bicyclic) bond motifs is 1. The van der Waals surface area contributed by atoms with Gasteiger partial charge in [0.15, 0.2) is 16.7 Å². The van der Waals surface area contributed by atoms with Crippen molar-refractivity contribution in [2.75, 3.05) is 33.9 Å². The van der Waals surface area contributed by atoms with Crippen LogP contribution in [0.15, 0.2) is 0 Å². The fourth-order valence-electron chi connectivity index (χ4n) is 6.87. The predicted octanol–water partition coefficient (Wildman–Crippen LogP) is 3.86. The lowest BCUT2D eigenvalue weighted by atomic mass is 9.57. The van der Waals surface area contributed by atoms with Crippen LogP contribution in [0.1, 0.15) is 75.3 Å². The van der Waals surface area contributed by atoms with E-state index in [0.717, 1.165) is 38.6 Å². The molecule has 9 nitrogen and oxygen atoms in total. The molecule has 2 spiro atoms. The van der Waals surface area contributed by atoms with Crippen LogP contribution in [0.5, 0.6) is 11.6 Å². The standard InChI is InChI=1S/C26H36ClN3O6/c1-16(18-9-7-13-30(18)2)36-24-20(33-3)22(27)28-23(29-24)19(31)17-8-6-11-25(21(17)32)10-4-5-12-26(25)34-14-15-35-26/h16-18H,4-15H2,1-3H3/t16-,17-,18-,25-/m0/s1. The molecular weight excluding hydrogens is 486 g/mol. The predicted molar refractivity (Wildman–Crippen MR) is 132 cm³/mol. The van der Waals surface area contributed by atoms with Gasteiger partial charge in [-0.25, -0.2) is 4.98 Å². The zero-order chi connectivity index (χ0) is 25.5. The molecule has 4 fully saturated rings. The van der Waals surface area contributed by atoms with Crippen LogP contribution in [0.2, 0.25) is 5.15 Å². The summed E-state index contributed by atoms with van der Waals surface area (Å²) >= 11 is 6.42. The smallest absolute Gasteiger partial charge is 0.262 e. The number of likely N-dealkylation sites (tertiary alicyclic amines) is 1. The van der Waals surface area contributed by atoms with Crippen LogP contribution in [-0.4, -0.2) is 78.3 Å². The van der Waals surface area contributed by atoms with Crippen molar-refractivity contribution in [3.63, 3.8) is 0 Å². The molecule has 4 aliphatic rings. The summed E-state index contributed by atoms with van der Waals surface area (Å²) in [6.45, 7) is 3.92. The molecule has 36 heavy (non-hydrogen) atoms. The third-order valence-electron chi connectivity index (χ3n) is 8.68. The third-order valence-corrected chi connectivity index (χ3v) is 8.93. The highest BCUT2D eigenvalue weighted by molar-refractivity contribution is 6.31. The number of nitrogens with zero attached hydrogens (tertiary/aromatic N) is 3. The summed E-state index contributed by atoms with van der Waals surface area (Å²) in [5.41, 5.74) is -0.808. The van der Waals surface area contributed by atoms with Gasteiger partial charge >= 0.3 is 0 Å².